The van der Waals surface area contributed by atoms with Crippen molar-refractivity contribution in [1.29, 1.82) is 0 Å². The minimum absolute atomic E-state index is 0.434. The highest BCUT2D eigenvalue weighted by Gasteiger charge is 2.07. The van der Waals surface area contributed by atoms with Crippen molar-refractivity contribution in [1.82, 2.24) is 10.3 Å². The Bertz CT molecular complexity index is 312. The highest BCUT2D eigenvalue weighted by molar-refractivity contribution is 8.00. The van der Waals surface area contributed by atoms with E-state index in [9.17, 15) is 0 Å². The average molecular weight is 261 g/mol. The summed E-state index contributed by atoms with van der Waals surface area (Å²) in [5.74, 6) is 0. The number of aromatic nitrogens is 1. The van der Waals surface area contributed by atoms with Crippen LogP contribution in [0.3, 0.4) is 0 Å². The number of ether oxygens (including phenoxy) is 1. The SMILES string of the molecule is COCCNCC(C)Sc1ncccc1Cl. The minimum atomic E-state index is 0.434. The summed E-state index contributed by atoms with van der Waals surface area (Å²) in [6.45, 7) is 4.68. The number of hydrogen-bond acceptors (Lipinski definition) is 4. The average Bonchev–Trinajstić information content (AvgIpc) is 2.28. The van der Waals surface area contributed by atoms with Gasteiger partial charge in [0.05, 0.1) is 11.6 Å². The van der Waals surface area contributed by atoms with Crippen LogP contribution in [-0.2, 0) is 4.74 Å². The van der Waals surface area contributed by atoms with Crippen LogP contribution in [0.1, 0.15) is 6.92 Å². The van der Waals surface area contributed by atoms with Gasteiger partial charge in [0.2, 0.25) is 0 Å². The summed E-state index contributed by atoms with van der Waals surface area (Å²) < 4.78 is 4.96. The zero-order chi connectivity index (χ0) is 11.8. The van der Waals surface area contributed by atoms with Gasteiger partial charge in [-0.1, -0.05) is 18.5 Å². The fourth-order valence-corrected chi connectivity index (χ4v) is 2.31. The van der Waals surface area contributed by atoms with E-state index in [0.29, 0.717) is 5.25 Å². The molecule has 1 unspecified atom stereocenters. The molecule has 1 atom stereocenters. The van der Waals surface area contributed by atoms with Gasteiger partial charge in [-0.05, 0) is 12.1 Å². The van der Waals surface area contributed by atoms with Crippen LogP contribution < -0.4 is 5.32 Å². The lowest BCUT2D eigenvalue weighted by molar-refractivity contribution is 0.199. The lowest BCUT2D eigenvalue weighted by Gasteiger charge is -2.12. The van der Waals surface area contributed by atoms with Crippen LogP contribution in [0.5, 0.6) is 0 Å². The number of nitrogens with zero attached hydrogens (tertiary/aromatic N) is 1. The van der Waals surface area contributed by atoms with E-state index in [1.165, 1.54) is 0 Å². The van der Waals surface area contributed by atoms with E-state index in [1.807, 2.05) is 12.1 Å². The quantitative estimate of drug-likeness (QED) is 0.603. The molecule has 0 spiro atoms. The van der Waals surface area contributed by atoms with E-state index in [2.05, 4.69) is 17.2 Å². The molecule has 1 heterocycles. The zero-order valence-corrected chi connectivity index (χ0v) is 11.1. The first-order valence-corrected chi connectivity index (χ1v) is 6.46. The van der Waals surface area contributed by atoms with Crippen LogP contribution in [0, 0.1) is 0 Å². The van der Waals surface area contributed by atoms with Crippen molar-refractivity contribution in [3.63, 3.8) is 0 Å². The lowest BCUT2D eigenvalue weighted by Crippen LogP contribution is -2.26. The summed E-state index contributed by atoms with van der Waals surface area (Å²) in [4.78, 5) is 4.24. The van der Waals surface area contributed by atoms with Gasteiger partial charge in [0.15, 0.2) is 0 Å². The lowest BCUT2D eigenvalue weighted by atomic mass is 10.4. The monoisotopic (exact) mass is 260 g/mol. The van der Waals surface area contributed by atoms with Gasteiger partial charge in [0, 0.05) is 31.6 Å². The van der Waals surface area contributed by atoms with Gasteiger partial charge in [0.1, 0.15) is 5.03 Å². The number of pyridine rings is 1. The Morgan fingerprint density at radius 1 is 1.62 bits per heavy atom. The molecule has 0 aliphatic rings. The molecule has 0 amide bonds. The Morgan fingerprint density at radius 3 is 3.12 bits per heavy atom. The maximum Gasteiger partial charge on any atom is 0.115 e. The minimum Gasteiger partial charge on any atom is -0.383 e. The Balaban J connectivity index is 2.28. The maximum atomic E-state index is 6.03. The Morgan fingerprint density at radius 2 is 2.44 bits per heavy atom. The van der Waals surface area contributed by atoms with Gasteiger partial charge in [-0.2, -0.15) is 0 Å². The van der Waals surface area contributed by atoms with Crippen LogP contribution in [0.4, 0.5) is 0 Å². The second-order valence-corrected chi connectivity index (χ2v) is 5.25. The first kappa shape index (κ1) is 13.8. The van der Waals surface area contributed by atoms with Crippen LogP contribution in [0.2, 0.25) is 5.02 Å². The Hall–Kier alpha value is -0.290. The third-order valence-electron chi connectivity index (χ3n) is 1.95. The van der Waals surface area contributed by atoms with Gasteiger partial charge in [-0.25, -0.2) is 4.98 Å². The number of nitrogens with one attached hydrogen (secondary N) is 1. The van der Waals surface area contributed by atoms with E-state index >= 15 is 0 Å². The summed E-state index contributed by atoms with van der Waals surface area (Å²) in [5.41, 5.74) is 0. The van der Waals surface area contributed by atoms with E-state index in [0.717, 1.165) is 29.7 Å². The molecule has 16 heavy (non-hydrogen) atoms. The summed E-state index contributed by atoms with van der Waals surface area (Å²) in [7, 11) is 1.70. The molecule has 0 bridgehead atoms. The molecule has 0 saturated carbocycles. The second-order valence-electron chi connectivity index (χ2n) is 3.42. The number of thioether (sulfide) groups is 1. The standard InChI is InChI=1S/C11H17ClN2OS/c1-9(8-13-6-7-15-2)16-11-10(12)4-3-5-14-11/h3-5,9,13H,6-8H2,1-2H3. The van der Waals surface area contributed by atoms with Crippen molar-refractivity contribution in [3.8, 4) is 0 Å². The molecule has 0 radical (unpaired) electrons. The normalized spacial score (nSPS) is 12.7. The number of hydrogen-bond donors (Lipinski definition) is 1. The van der Waals surface area contributed by atoms with Crippen LogP contribution in [0.15, 0.2) is 23.4 Å². The summed E-state index contributed by atoms with van der Waals surface area (Å²) >= 11 is 7.71. The van der Waals surface area contributed by atoms with Crippen molar-refractivity contribution in [2.24, 2.45) is 0 Å². The summed E-state index contributed by atoms with van der Waals surface area (Å²) in [6.07, 6.45) is 1.76. The molecule has 1 N–H and O–H groups in total. The first-order valence-electron chi connectivity index (χ1n) is 5.21. The third kappa shape index (κ3) is 5.16. The molecule has 0 aromatic carbocycles. The number of halogens is 1. The Kier molecular flexibility index (Phi) is 6.80. The zero-order valence-electron chi connectivity index (χ0n) is 9.57. The van der Waals surface area contributed by atoms with E-state index in [4.69, 9.17) is 16.3 Å². The summed E-state index contributed by atoms with van der Waals surface area (Å²) in [5, 5.41) is 5.36. The smallest absolute Gasteiger partial charge is 0.115 e. The molecule has 0 fully saturated rings. The van der Waals surface area contributed by atoms with Crippen molar-refractivity contribution < 1.29 is 4.74 Å². The number of rotatable bonds is 7. The van der Waals surface area contributed by atoms with E-state index in [1.54, 1.807) is 25.1 Å². The molecule has 5 heteroatoms. The molecule has 90 valence electrons. The van der Waals surface area contributed by atoms with Crippen molar-refractivity contribution >= 4 is 23.4 Å². The molecule has 1 aromatic rings. The molecule has 1 rings (SSSR count). The van der Waals surface area contributed by atoms with Crippen LogP contribution >= 0.6 is 23.4 Å². The second kappa shape index (κ2) is 7.90. The van der Waals surface area contributed by atoms with Crippen LogP contribution in [-0.4, -0.2) is 37.0 Å². The third-order valence-corrected chi connectivity index (χ3v) is 3.49. The topological polar surface area (TPSA) is 34.1 Å². The fourth-order valence-electron chi connectivity index (χ4n) is 1.17. The number of methoxy groups -OCH3 is 1. The predicted molar refractivity (Wildman–Crippen MR) is 69.3 cm³/mol. The van der Waals surface area contributed by atoms with Gasteiger partial charge >= 0.3 is 0 Å². The molecule has 0 aliphatic carbocycles. The molecule has 3 nitrogen and oxygen atoms in total. The fraction of sp³-hybridized carbons (Fsp3) is 0.545. The highest BCUT2D eigenvalue weighted by Crippen LogP contribution is 2.27. The molecular weight excluding hydrogens is 244 g/mol. The molecule has 0 aliphatic heterocycles. The highest BCUT2D eigenvalue weighted by atomic mass is 35.5. The van der Waals surface area contributed by atoms with Gasteiger partial charge in [0.25, 0.3) is 0 Å². The van der Waals surface area contributed by atoms with Crippen molar-refractivity contribution in [3.05, 3.63) is 23.4 Å². The summed E-state index contributed by atoms with van der Waals surface area (Å²) in [6, 6.07) is 3.70. The van der Waals surface area contributed by atoms with Crippen molar-refractivity contribution in [2.45, 2.75) is 17.2 Å². The van der Waals surface area contributed by atoms with Gasteiger partial charge in [-0.3, -0.25) is 0 Å². The molecular formula is C11H17ClN2OS. The molecule has 1 aromatic heterocycles. The van der Waals surface area contributed by atoms with Crippen molar-refractivity contribution in [2.75, 3.05) is 26.8 Å². The van der Waals surface area contributed by atoms with E-state index < -0.39 is 0 Å². The maximum absolute atomic E-state index is 6.03. The first-order chi connectivity index (χ1) is 7.74. The Labute approximate surface area is 106 Å². The molecule has 0 saturated heterocycles. The van der Waals surface area contributed by atoms with Crippen LogP contribution in [0.25, 0.3) is 0 Å². The largest absolute Gasteiger partial charge is 0.383 e. The predicted octanol–water partition coefficient (Wildman–Crippen LogP) is 2.45. The van der Waals surface area contributed by atoms with Gasteiger partial charge in [-0.15, -0.1) is 11.8 Å². The van der Waals surface area contributed by atoms with Gasteiger partial charge < -0.3 is 10.1 Å². The van der Waals surface area contributed by atoms with E-state index in [-0.39, 0.29) is 0 Å².